The zero-order chi connectivity index (χ0) is 11.4. The highest BCUT2D eigenvalue weighted by Gasteiger charge is 2.08. The first-order valence-corrected chi connectivity index (χ1v) is 4.57. The molecule has 0 aliphatic heterocycles. The van der Waals surface area contributed by atoms with Gasteiger partial charge in [-0.2, -0.15) is 0 Å². The van der Waals surface area contributed by atoms with Gasteiger partial charge in [0.1, 0.15) is 0 Å². The molecule has 4 N–H and O–H groups in total. The Hall–Kier alpha value is -1.69. The maximum atomic E-state index is 10.7. The summed E-state index contributed by atoms with van der Waals surface area (Å²) in [7, 11) is 1.71. The van der Waals surface area contributed by atoms with E-state index in [-0.39, 0.29) is 6.54 Å². The first-order valence-electron chi connectivity index (χ1n) is 4.57. The van der Waals surface area contributed by atoms with E-state index in [1.54, 1.807) is 11.9 Å². The van der Waals surface area contributed by atoms with E-state index in [0.717, 1.165) is 11.4 Å². The smallest absolute Gasteiger partial charge is 0.237 e. The summed E-state index contributed by atoms with van der Waals surface area (Å²) < 4.78 is 0. The zero-order valence-corrected chi connectivity index (χ0v) is 8.90. The highest BCUT2D eigenvalue weighted by atomic mass is 16.1. The molecule has 0 spiro atoms. The fourth-order valence-corrected chi connectivity index (χ4v) is 1.20. The molecule has 1 heterocycles. The van der Waals surface area contributed by atoms with E-state index in [1.165, 1.54) is 0 Å². The van der Waals surface area contributed by atoms with Crippen LogP contribution < -0.4 is 16.4 Å². The molecule has 0 radical (unpaired) electrons. The molecule has 0 fully saturated rings. The molecule has 1 aromatic heterocycles. The fourth-order valence-electron chi connectivity index (χ4n) is 1.20. The summed E-state index contributed by atoms with van der Waals surface area (Å²) in [5.41, 5.74) is 12.1. The van der Waals surface area contributed by atoms with Gasteiger partial charge in [-0.05, 0) is 13.0 Å². The summed E-state index contributed by atoms with van der Waals surface area (Å²) in [6.07, 6.45) is 0. The van der Waals surface area contributed by atoms with Crippen LogP contribution >= 0.6 is 0 Å². The predicted molar refractivity (Wildman–Crippen MR) is 57.1 cm³/mol. The maximum Gasteiger partial charge on any atom is 0.237 e. The van der Waals surface area contributed by atoms with Crippen molar-refractivity contribution in [1.82, 2.24) is 9.97 Å². The first-order chi connectivity index (χ1) is 7.02. The number of carbonyl (C=O) groups is 1. The van der Waals surface area contributed by atoms with Crippen molar-refractivity contribution in [3.8, 4) is 0 Å². The van der Waals surface area contributed by atoms with E-state index < -0.39 is 5.91 Å². The minimum absolute atomic E-state index is 0.0907. The van der Waals surface area contributed by atoms with Crippen LogP contribution in [0.1, 0.15) is 11.4 Å². The average molecular weight is 209 g/mol. The van der Waals surface area contributed by atoms with Crippen molar-refractivity contribution in [3.63, 3.8) is 0 Å². The van der Waals surface area contributed by atoms with Crippen molar-refractivity contribution in [2.45, 2.75) is 13.5 Å². The molecule has 0 aromatic carbocycles. The molecular weight excluding hydrogens is 194 g/mol. The fraction of sp³-hybridized carbons (Fsp3) is 0.444. The number of amides is 1. The molecular formula is C9H15N5O. The Balaban J connectivity index is 2.92. The van der Waals surface area contributed by atoms with E-state index in [1.807, 2.05) is 13.0 Å². The van der Waals surface area contributed by atoms with Gasteiger partial charge in [-0.25, -0.2) is 9.97 Å². The largest absolute Gasteiger partial charge is 0.368 e. The van der Waals surface area contributed by atoms with Gasteiger partial charge in [0, 0.05) is 19.3 Å². The van der Waals surface area contributed by atoms with Crippen LogP contribution in [0.2, 0.25) is 0 Å². The molecule has 0 aliphatic carbocycles. The van der Waals surface area contributed by atoms with E-state index in [0.29, 0.717) is 12.5 Å². The molecule has 15 heavy (non-hydrogen) atoms. The summed E-state index contributed by atoms with van der Waals surface area (Å²) in [6.45, 7) is 2.29. The Bertz CT molecular complexity index is 366. The van der Waals surface area contributed by atoms with Crippen molar-refractivity contribution in [1.29, 1.82) is 0 Å². The SMILES string of the molecule is Cc1cc(CN)nc(N(C)CC(N)=O)n1. The number of nitrogens with zero attached hydrogens (tertiary/aromatic N) is 3. The monoisotopic (exact) mass is 209 g/mol. The molecule has 0 unspecified atom stereocenters. The van der Waals surface area contributed by atoms with Gasteiger partial charge < -0.3 is 16.4 Å². The van der Waals surface area contributed by atoms with Gasteiger partial charge in [0.2, 0.25) is 11.9 Å². The maximum absolute atomic E-state index is 10.7. The Kier molecular flexibility index (Phi) is 3.56. The highest BCUT2D eigenvalue weighted by Crippen LogP contribution is 2.07. The summed E-state index contributed by atoms with van der Waals surface area (Å²) >= 11 is 0. The van der Waals surface area contributed by atoms with E-state index >= 15 is 0 Å². The third-order valence-corrected chi connectivity index (χ3v) is 1.84. The van der Waals surface area contributed by atoms with Crippen LogP contribution in [-0.4, -0.2) is 29.5 Å². The van der Waals surface area contributed by atoms with Gasteiger partial charge in [-0.1, -0.05) is 0 Å². The second-order valence-corrected chi connectivity index (χ2v) is 3.33. The van der Waals surface area contributed by atoms with Crippen LogP contribution in [0.25, 0.3) is 0 Å². The number of aromatic nitrogens is 2. The first kappa shape index (κ1) is 11.4. The second-order valence-electron chi connectivity index (χ2n) is 3.33. The van der Waals surface area contributed by atoms with Crippen LogP contribution in [0, 0.1) is 6.92 Å². The van der Waals surface area contributed by atoms with Gasteiger partial charge >= 0.3 is 0 Å². The number of aryl methyl sites for hydroxylation is 1. The topological polar surface area (TPSA) is 98.1 Å². The molecule has 82 valence electrons. The number of anilines is 1. The average Bonchev–Trinajstić information content (AvgIpc) is 2.15. The van der Waals surface area contributed by atoms with Gasteiger partial charge in [0.05, 0.1) is 12.2 Å². The van der Waals surface area contributed by atoms with E-state index in [4.69, 9.17) is 11.5 Å². The third-order valence-electron chi connectivity index (χ3n) is 1.84. The number of hydrogen-bond acceptors (Lipinski definition) is 5. The van der Waals surface area contributed by atoms with Gasteiger partial charge in [-0.15, -0.1) is 0 Å². The van der Waals surface area contributed by atoms with Crippen molar-refractivity contribution in [2.24, 2.45) is 11.5 Å². The second kappa shape index (κ2) is 4.70. The number of primary amides is 1. The molecule has 0 atom stereocenters. The van der Waals surface area contributed by atoms with Crippen molar-refractivity contribution in [2.75, 3.05) is 18.5 Å². The van der Waals surface area contributed by atoms with Crippen LogP contribution in [0.4, 0.5) is 5.95 Å². The van der Waals surface area contributed by atoms with Crippen LogP contribution in [0.5, 0.6) is 0 Å². The molecule has 0 saturated heterocycles. The van der Waals surface area contributed by atoms with Crippen LogP contribution in [0.15, 0.2) is 6.07 Å². The number of hydrogen-bond donors (Lipinski definition) is 2. The van der Waals surface area contributed by atoms with Crippen molar-refractivity contribution in [3.05, 3.63) is 17.5 Å². The van der Waals surface area contributed by atoms with Gasteiger partial charge in [-0.3, -0.25) is 4.79 Å². The van der Waals surface area contributed by atoms with Crippen molar-refractivity contribution >= 4 is 11.9 Å². The lowest BCUT2D eigenvalue weighted by Crippen LogP contribution is -2.32. The van der Waals surface area contributed by atoms with E-state index in [9.17, 15) is 4.79 Å². The summed E-state index contributed by atoms with van der Waals surface area (Å²) in [5.74, 6) is 0.0474. The summed E-state index contributed by atoms with van der Waals surface area (Å²) in [6, 6.07) is 1.81. The van der Waals surface area contributed by atoms with E-state index in [2.05, 4.69) is 9.97 Å². The van der Waals surface area contributed by atoms with Gasteiger partial charge in [0.15, 0.2) is 0 Å². The molecule has 0 aliphatic rings. The minimum Gasteiger partial charge on any atom is -0.368 e. The molecule has 0 bridgehead atoms. The molecule has 1 amide bonds. The number of rotatable bonds is 4. The molecule has 0 saturated carbocycles. The standard InChI is InChI=1S/C9H15N5O/c1-6-3-7(4-10)13-9(12-6)14(2)5-8(11)15/h3H,4-5,10H2,1-2H3,(H2,11,15). The molecule has 1 aromatic rings. The van der Waals surface area contributed by atoms with Crippen LogP contribution in [0.3, 0.4) is 0 Å². The normalized spacial score (nSPS) is 10.1. The van der Waals surface area contributed by atoms with Crippen LogP contribution in [-0.2, 0) is 11.3 Å². The zero-order valence-electron chi connectivity index (χ0n) is 8.90. The lowest BCUT2D eigenvalue weighted by Gasteiger charge is -2.15. The van der Waals surface area contributed by atoms with Crippen molar-refractivity contribution < 1.29 is 4.79 Å². The minimum atomic E-state index is -0.420. The predicted octanol–water partition coefficient (Wildman–Crippen LogP) is -0.835. The summed E-state index contributed by atoms with van der Waals surface area (Å²) in [5, 5.41) is 0. The third kappa shape index (κ3) is 3.17. The number of carbonyl (C=O) groups excluding carboxylic acids is 1. The Labute approximate surface area is 88.3 Å². The summed E-state index contributed by atoms with van der Waals surface area (Å²) in [4.78, 5) is 20.7. The Morgan fingerprint density at radius 2 is 2.20 bits per heavy atom. The molecule has 6 heteroatoms. The lowest BCUT2D eigenvalue weighted by atomic mass is 10.3. The number of likely N-dealkylation sites (N-methyl/N-ethyl adjacent to an activating group) is 1. The Morgan fingerprint density at radius 1 is 1.53 bits per heavy atom. The highest BCUT2D eigenvalue weighted by molar-refractivity contribution is 5.78. The molecule has 6 nitrogen and oxygen atoms in total. The molecule has 1 rings (SSSR count). The lowest BCUT2D eigenvalue weighted by molar-refractivity contribution is -0.116. The Morgan fingerprint density at radius 3 is 2.73 bits per heavy atom. The van der Waals surface area contributed by atoms with Gasteiger partial charge in [0.25, 0.3) is 0 Å². The quantitative estimate of drug-likeness (QED) is 0.674. The number of nitrogens with two attached hydrogens (primary N) is 2.